The van der Waals surface area contributed by atoms with E-state index in [1.807, 2.05) is 13.8 Å². The zero-order valence-corrected chi connectivity index (χ0v) is 8.82. The van der Waals surface area contributed by atoms with Gasteiger partial charge in [0.15, 0.2) is 0 Å². The zero-order valence-electron chi connectivity index (χ0n) is 8.82. The number of carbonyl (C=O) groups excluding carboxylic acids is 2. The van der Waals surface area contributed by atoms with Crippen molar-refractivity contribution in [1.29, 1.82) is 0 Å². The Bertz CT molecular complexity index is 266. The van der Waals surface area contributed by atoms with Crippen molar-refractivity contribution in [1.82, 2.24) is 0 Å². The monoisotopic (exact) mass is 196 g/mol. The van der Waals surface area contributed by atoms with Gasteiger partial charge in [-0.3, -0.25) is 0 Å². The molecule has 1 aliphatic rings. The van der Waals surface area contributed by atoms with Gasteiger partial charge in [-0.25, -0.2) is 4.79 Å². The molecule has 14 heavy (non-hydrogen) atoms. The molecule has 1 saturated carbocycles. The number of rotatable bonds is 4. The van der Waals surface area contributed by atoms with Gasteiger partial charge in [-0.1, -0.05) is 19.9 Å². The van der Waals surface area contributed by atoms with Crippen LogP contribution in [0.1, 0.15) is 20.8 Å². The van der Waals surface area contributed by atoms with Crippen LogP contribution in [-0.2, 0) is 14.3 Å². The van der Waals surface area contributed by atoms with E-state index in [0.29, 0.717) is 6.61 Å². The van der Waals surface area contributed by atoms with Crippen LogP contribution in [0.15, 0.2) is 12.2 Å². The number of allylic oxidation sites excluding steroid dienone is 1. The van der Waals surface area contributed by atoms with E-state index in [0.717, 1.165) is 6.29 Å². The third-order valence-corrected chi connectivity index (χ3v) is 2.87. The molecular formula is C11H16O3. The Kier molecular flexibility index (Phi) is 3.09. The Morgan fingerprint density at radius 3 is 2.50 bits per heavy atom. The molecular weight excluding hydrogens is 180 g/mol. The van der Waals surface area contributed by atoms with Gasteiger partial charge in [-0.2, -0.15) is 0 Å². The van der Waals surface area contributed by atoms with E-state index in [2.05, 4.69) is 0 Å². The van der Waals surface area contributed by atoms with E-state index in [1.165, 1.54) is 6.08 Å². The summed E-state index contributed by atoms with van der Waals surface area (Å²) in [6, 6.07) is 0. The molecule has 0 aromatic rings. The highest BCUT2D eigenvalue weighted by molar-refractivity contribution is 5.82. The van der Waals surface area contributed by atoms with E-state index in [1.54, 1.807) is 13.0 Å². The molecule has 0 aromatic heterocycles. The van der Waals surface area contributed by atoms with Gasteiger partial charge in [0.25, 0.3) is 0 Å². The maximum absolute atomic E-state index is 11.0. The highest BCUT2D eigenvalue weighted by Crippen LogP contribution is 2.57. The van der Waals surface area contributed by atoms with Gasteiger partial charge in [0, 0.05) is 12.0 Å². The summed E-state index contributed by atoms with van der Waals surface area (Å²) in [6.45, 7) is 6.19. The summed E-state index contributed by atoms with van der Waals surface area (Å²) in [5.41, 5.74) is 0.00471. The predicted octanol–water partition coefficient (Wildman–Crippen LogP) is 1.58. The Morgan fingerprint density at radius 2 is 2.07 bits per heavy atom. The summed E-state index contributed by atoms with van der Waals surface area (Å²) in [4.78, 5) is 21.6. The van der Waals surface area contributed by atoms with Crippen molar-refractivity contribution in [3.63, 3.8) is 0 Å². The molecule has 0 amide bonds. The average Bonchev–Trinajstić information content (AvgIpc) is 2.64. The largest absolute Gasteiger partial charge is 0.463 e. The third-order valence-electron chi connectivity index (χ3n) is 2.87. The van der Waals surface area contributed by atoms with Gasteiger partial charge >= 0.3 is 5.97 Å². The van der Waals surface area contributed by atoms with Gasteiger partial charge < -0.3 is 9.53 Å². The molecule has 78 valence electrons. The highest BCUT2D eigenvalue weighted by Gasteiger charge is 2.56. The first-order chi connectivity index (χ1) is 6.54. The van der Waals surface area contributed by atoms with E-state index in [9.17, 15) is 9.59 Å². The lowest BCUT2D eigenvalue weighted by Gasteiger charge is -1.96. The zero-order chi connectivity index (χ0) is 10.8. The molecule has 0 aliphatic heterocycles. The fraction of sp³-hybridized carbons (Fsp3) is 0.636. The van der Waals surface area contributed by atoms with Crippen molar-refractivity contribution in [2.75, 3.05) is 6.61 Å². The molecule has 1 aliphatic carbocycles. The molecule has 0 saturated heterocycles. The van der Waals surface area contributed by atoms with Gasteiger partial charge in [-0.05, 0) is 18.3 Å². The first kappa shape index (κ1) is 11.0. The minimum Gasteiger partial charge on any atom is -0.463 e. The lowest BCUT2D eigenvalue weighted by molar-refractivity contribution is -0.137. The Hall–Kier alpha value is -1.12. The second-order valence-corrected chi connectivity index (χ2v) is 4.12. The molecule has 0 heterocycles. The van der Waals surface area contributed by atoms with Crippen LogP contribution in [0.5, 0.6) is 0 Å². The number of esters is 1. The fourth-order valence-electron chi connectivity index (χ4n) is 1.72. The fourth-order valence-corrected chi connectivity index (χ4v) is 1.72. The second kappa shape index (κ2) is 3.95. The van der Waals surface area contributed by atoms with Crippen LogP contribution >= 0.6 is 0 Å². The SMILES string of the molecule is CCOC(=O)/C=C/C1C(C=O)C1(C)C. The van der Waals surface area contributed by atoms with Crippen LogP contribution in [0.2, 0.25) is 0 Å². The van der Waals surface area contributed by atoms with E-state index in [-0.39, 0.29) is 23.2 Å². The normalized spacial score (nSPS) is 28.8. The summed E-state index contributed by atoms with van der Waals surface area (Å²) in [7, 11) is 0. The first-order valence-electron chi connectivity index (χ1n) is 4.84. The van der Waals surface area contributed by atoms with E-state index < -0.39 is 0 Å². The minimum atomic E-state index is -0.333. The molecule has 1 fully saturated rings. The molecule has 2 atom stereocenters. The predicted molar refractivity (Wildman–Crippen MR) is 52.6 cm³/mol. The van der Waals surface area contributed by atoms with Gasteiger partial charge in [0.05, 0.1) is 6.61 Å². The van der Waals surface area contributed by atoms with E-state index >= 15 is 0 Å². The third kappa shape index (κ3) is 2.03. The second-order valence-electron chi connectivity index (χ2n) is 4.12. The van der Waals surface area contributed by atoms with Crippen LogP contribution < -0.4 is 0 Å². The van der Waals surface area contributed by atoms with E-state index in [4.69, 9.17) is 4.74 Å². The summed E-state index contributed by atoms with van der Waals surface area (Å²) >= 11 is 0. The highest BCUT2D eigenvalue weighted by atomic mass is 16.5. The lowest BCUT2D eigenvalue weighted by Crippen LogP contribution is -1.99. The molecule has 0 radical (unpaired) electrons. The maximum atomic E-state index is 11.0. The van der Waals surface area contributed by atoms with Crippen LogP contribution in [0.4, 0.5) is 0 Å². The first-order valence-corrected chi connectivity index (χ1v) is 4.84. The lowest BCUT2D eigenvalue weighted by atomic mass is 10.1. The number of aldehydes is 1. The molecule has 0 spiro atoms. The standard InChI is InChI=1S/C11H16O3/c1-4-14-10(13)6-5-8-9(7-12)11(8,2)3/h5-9H,4H2,1-3H3/b6-5+. The molecule has 0 aromatic carbocycles. The van der Waals surface area contributed by atoms with Gasteiger partial charge in [0.1, 0.15) is 6.29 Å². The maximum Gasteiger partial charge on any atom is 0.330 e. The topological polar surface area (TPSA) is 43.4 Å². The van der Waals surface area contributed by atoms with Crippen molar-refractivity contribution >= 4 is 12.3 Å². The number of carbonyl (C=O) groups is 2. The van der Waals surface area contributed by atoms with Crippen molar-refractivity contribution in [2.24, 2.45) is 17.3 Å². The van der Waals surface area contributed by atoms with Gasteiger partial charge in [0.2, 0.25) is 0 Å². The molecule has 2 unspecified atom stereocenters. The summed E-state index contributed by atoms with van der Waals surface area (Å²) in [5.74, 6) is -0.0996. The Labute approximate surface area is 84.1 Å². The smallest absolute Gasteiger partial charge is 0.330 e. The minimum absolute atomic E-state index is 0.00471. The molecule has 3 heteroatoms. The Morgan fingerprint density at radius 1 is 1.43 bits per heavy atom. The summed E-state index contributed by atoms with van der Waals surface area (Å²) < 4.78 is 4.74. The van der Waals surface area contributed by atoms with Crippen molar-refractivity contribution < 1.29 is 14.3 Å². The molecule has 0 bridgehead atoms. The van der Waals surface area contributed by atoms with Gasteiger partial charge in [-0.15, -0.1) is 0 Å². The van der Waals surface area contributed by atoms with Crippen molar-refractivity contribution in [3.05, 3.63) is 12.2 Å². The van der Waals surface area contributed by atoms with Crippen molar-refractivity contribution in [3.8, 4) is 0 Å². The van der Waals surface area contributed by atoms with Crippen LogP contribution in [0.3, 0.4) is 0 Å². The quantitative estimate of drug-likeness (QED) is 0.389. The van der Waals surface area contributed by atoms with Crippen LogP contribution in [0, 0.1) is 17.3 Å². The molecule has 1 rings (SSSR count). The molecule has 3 nitrogen and oxygen atoms in total. The number of hydrogen-bond donors (Lipinski definition) is 0. The van der Waals surface area contributed by atoms with Crippen LogP contribution in [-0.4, -0.2) is 18.9 Å². The summed E-state index contributed by atoms with van der Waals surface area (Å²) in [6.07, 6.45) is 4.15. The van der Waals surface area contributed by atoms with Crippen molar-refractivity contribution in [2.45, 2.75) is 20.8 Å². The Balaban J connectivity index is 2.47. The number of hydrogen-bond acceptors (Lipinski definition) is 3. The number of ether oxygens (including phenoxy) is 1. The average molecular weight is 196 g/mol. The molecule has 0 N–H and O–H groups in total. The van der Waals surface area contributed by atoms with Crippen LogP contribution in [0.25, 0.3) is 0 Å². The summed E-state index contributed by atoms with van der Waals surface area (Å²) in [5, 5.41) is 0.